The van der Waals surface area contributed by atoms with Crippen LogP contribution in [0.3, 0.4) is 0 Å². The van der Waals surface area contributed by atoms with Gasteiger partial charge in [0.25, 0.3) is 0 Å². The molecule has 0 spiro atoms. The lowest BCUT2D eigenvalue weighted by Crippen LogP contribution is -2.13. The molecule has 0 radical (unpaired) electrons. The maximum atomic E-state index is 3.24. The Hall–Kier alpha value is -0.550. The Labute approximate surface area is 102 Å². The maximum Gasteiger partial charge on any atom is 0.00838 e. The number of fused-ring (bicyclic) bond motifs is 1. The third kappa shape index (κ3) is 2.11. The van der Waals surface area contributed by atoms with Gasteiger partial charge in [0, 0.05) is 12.4 Å². The van der Waals surface area contributed by atoms with Crippen molar-refractivity contribution in [1.82, 2.24) is 4.98 Å². The molecule has 1 nitrogen and oxygen atoms in total. The van der Waals surface area contributed by atoms with Gasteiger partial charge in [-0.25, -0.2) is 0 Å². The number of hydrogen-bond acceptors (Lipinski definition) is 0. The summed E-state index contributed by atoms with van der Waals surface area (Å²) in [5.74, 6) is 1.38. The molecule has 2 heteroatoms. The molecule has 90 valence electrons. The van der Waals surface area contributed by atoms with Crippen LogP contribution in [-0.2, 0) is 0 Å². The molecule has 0 aromatic carbocycles. The quantitative estimate of drug-likeness (QED) is 0.673. The minimum Gasteiger partial charge on any atom is -0.367 e. The largest absolute Gasteiger partial charge is 0.367 e. The summed E-state index contributed by atoms with van der Waals surface area (Å²) in [5.41, 5.74) is 4.45. The molecule has 0 saturated carbocycles. The van der Waals surface area contributed by atoms with Gasteiger partial charge in [0.2, 0.25) is 0 Å². The second-order valence-electron chi connectivity index (χ2n) is 4.19. The predicted molar refractivity (Wildman–Crippen MR) is 76.6 cm³/mol. The van der Waals surface area contributed by atoms with Crippen molar-refractivity contribution in [2.24, 2.45) is 5.92 Å². The summed E-state index contributed by atoms with van der Waals surface area (Å²) in [4.78, 5) is 3.24. The molecule has 0 amide bonds. The van der Waals surface area contributed by atoms with E-state index in [1.54, 1.807) is 5.31 Å². The minimum atomic E-state index is 0.669. The lowest BCUT2D eigenvalue weighted by molar-refractivity contribution is 0.575. The Morgan fingerprint density at radius 2 is 1.75 bits per heavy atom. The van der Waals surface area contributed by atoms with Gasteiger partial charge in [-0.2, -0.15) is 0 Å². The fraction of sp³-hybridized carbons (Fsp3) is 0.571. The fourth-order valence-electron chi connectivity index (χ4n) is 2.50. The number of H-pyrrole nitrogens is 1. The molecule has 1 aromatic rings. The standard InChI is InChI=1S/C12H18NP.C2H6/c1-7-8(2)12(14-4)9(3)11-6-13-5-10(7)11;1-2/h5-8,13-14H,1-4H3;1-2H3. The van der Waals surface area contributed by atoms with Crippen LogP contribution in [0, 0.1) is 5.92 Å². The van der Waals surface area contributed by atoms with Gasteiger partial charge < -0.3 is 4.98 Å². The molecule has 1 aliphatic carbocycles. The van der Waals surface area contributed by atoms with Crippen molar-refractivity contribution in [2.75, 3.05) is 6.66 Å². The highest BCUT2D eigenvalue weighted by molar-refractivity contribution is 7.42. The molecule has 1 N–H and O–H groups in total. The van der Waals surface area contributed by atoms with Gasteiger partial charge >= 0.3 is 0 Å². The molecular formula is C14H24NP. The van der Waals surface area contributed by atoms with Crippen molar-refractivity contribution < 1.29 is 0 Å². The number of rotatable bonds is 1. The average molecular weight is 237 g/mol. The molecule has 0 bridgehead atoms. The molecule has 0 fully saturated rings. The van der Waals surface area contributed by atoms with Crippen LogP contribution in [0.25, 0.3) is 5.57 Å². The molecular weight excluding hydrogens is 213 g/mol. The van der Waals surface area contributed by atoms with Gasteiger partial charge in [0.15, 0.2) is 0 Å². The monoisotopic (exact) mass is 237 g/mol. The van der Waals surface area contributed by atoms with Crippen LogP contribution in [0.1, 0.15) is 51.7 Å². The van der Waals surface area contributed by atoms with Crippen LogP contribution in [-0.4, -0.2) is 11.6 Å². The highest BCUT2D eigenvalue weighted by Gasteiger charge is 2.27. The van der Waals surface area contributed by atoms with Crippen molar-refractivity contribution in [2.45, 2.75) is 40.5 Å². The topological polar surface area (TPSA) is 15.8 Å². The van der Waals surface area contributed by atoms with Crippen molar-refractivity contribution in [3.8, 4) is 0 Å². The number of aromatic nitrogens is 1. The Morgan fingerprint density at radius 1 is 1.12 bits per heavy atom. The van der Waals surface area contributed by atoms with E-state index in [0.29, 0.717) is 11.8 Å². The Kier molecular flexibility index (Phi) is 4.80. The molecule has 3 atom stereocenters. The third-order valence-electron chi connectivity index (χ3n) is 3.55. The van der Waals surface area contributed by atoms with Crippen LogP contribution >= 0.6 is 8.58 Å². The van der Waals surface area contributed by atoms with E-state index >= 15 is 0 Å². The SMILES string of the molecule is CC.CPC1=C(C)c2c[nH]cc2C(C)C1C. The average Bonchev–Trinajstić information content (AvgIpc) is 2.79. The highest BCUT2D eigenvalue weighted by Crippen LogP contribution is 2.47. The summed E-state index contributed by atoms with van der Waals surface area (Å²) in [6, 6.07) is 0. The number of hydrogen-bond donors (Lipinski definition) is 1. The first-order valence-corrected chi connectivity index (χ1v) is 7.72. The minimum absolute atomic E-state index is 0.669. The van der Waals surface area contributed by atoms with Gasteiger partial charge in [0.1, 0.15) is 0 Å². The lowest BCUT2D eigenvalue weighted by atomic mass is 9.80. The summed E-state index contributed by atoms with van der Waals surface area (Å²) >= 11 is 0. The number of nitrogens with one attached hydrogen (secondary N) is 1. The normalized spacial score (nSPS) is 24.4. The smallest absolute Gasteiger partial charge is 0.00838 e. The predicted octanol–water partition coefficient (Wildman–Crippen LogP) is 4.83. The maximum absolute atomic E-state index is 3.24. The van der Waals surface area contributed by atoms with Crippen LogP contribution in [0.15, 0.2) is 17.7 Å². The Morgan fingerprint density at radius 3 is 2.31 bits per heavy atom. The van der Waals surface area contributed by atoms with Crippen molar-refractivity contribution in [3.63, 3.8) is 0 Å². The molecule has 1 aromatic heterocycles. The van der Waals surface area contributed by atoms with Gasteiger partial charge in [-0.3, -0.25) is 0 Å². The molecule has 0 aliphatic heterocycles. The molecule has 16 heavy (non-hydrogen) atoms. The van der Waals surface area contributed by atoms with Crippen molar-refractivity contribution in [1.29, 1.82) is 0 Å². The van der Waals surface area contributed by atoms with Gasteiger partial charge in [-0.1, -0.05) is 36.3 Å². The van der Waals surface area contributed by atoms with E-state index < -0.39 is 0 Å². The second kappa shape index (κ2) is 5.68. The van der Waals surface area contributed by atoms with Crippen molar-refractivity contribution >= 4 is 14.2 Å². The zero-order valence-corrected chi connectivity index (χ0v) is 12.3. The van der Waals surface area contributed by atoms with Crippen LogP contribution in [0.5, 0.6) is 0 Å². The van der Waals surface area contributed by atoms with Crippen LogP contribution in [0.2, 0.25) is 0 Å². The first-order chi connectivity index (χ1) is 7.66. The van der Waals surface area contributed by atoms with E-state index in [0.717, 1.165) is 8.58 Å². The second-order valence-corrected chi connectivity index (χ2v) is 5.23. The van der Waals surface area contributed by atoms with E-state index in [2.05, 4.69) is 44.8 Å². The van der Waals surface area contributed by atoms with E-state index in [-0.39, 0.29) is 0 Å². The van der Waals surface area contributed by atoms with Crippen LogP contribution in [0.4, 0.5) is 0 Å². The summed E-state index contributed by atoms with van der Waals surface area (Å²) in [7, 11) is 0.944. The fourth-order valence-corrected chi connectivity index (χ4v) is 3.71. The molecule has 2 rings (SSSR count). The van der Waals surface area contributed by atoms with E-state index in [1.165, 1.54) is 16.7 Å². The first-order valence-electron chi connectivity index (χ1n) is 6.22. The van der Waals surface area contributed by atoms with Gasteiger partial charge in [-0.15, -0.1) is 0 Å². The summed E-state index contributed by atoms with van der Waals surface area (Å²) < 4.78 is 0. The molecule has 3 unspecified atom stereocenters. The molecule has 1 aliphatic rings. The molecule has 0 saturated heterocycles. The summed E-state index contributed by atoms with van der Waals surface area (Å²) in [6.45, 7) is 13.3. The zero-order chi connectivity index (χ0) is 12.3. The number of aromatic amines is 1. The van der Waals surface area contributed by atoms with Gasteiger partial charge in [-0.05, 0) is 47.4 Å². The molecule has 1 heterocycles. The number of allylic oxidation sites excluding steroid dienone is 2. The van der Waals surface area contributed by atoms with E-state index in [9.17, 15) is 0 Å². The van der Waals surface area contributed by atoms with E-state index in [1.807, 2.05) is 13.8 Å². The summed E-state index contributed by atoms with van der Waals surface area (Å²) in [5, 5.41) is 1.66. The Bertz CT molecular complexity index is 376. The lowest BCUT2D eigenvalue weighted by Gasteiger charge is -2.30. The highest BCUT2D eigenvalue weighted by atomic mass is 31.1. The van der Waals surface area contributed by atoms with E-state index in [4.69, 9.17) is 0 Å². The summed E-state index contributed by atoms with van der Waals surface area (Å²) in [6.07, 6.45) is 4.31. The third-order valence-corrected chi connectivity index (χ3v) is 4.92. The van der Waals surface area contributed by atoms with Crippen LogP contribution < -0.4 is 0 Å². The zero-order valence-electron chi connectivity index (χ0n) is 11.3. The first kappa shape index (κ1) is 13.5. The Balaban J connectivity index is 0.000000606. The van der Waals surface area contributed by atoms with Crippen molar-refractivity contribution in [3.05, 3.63) is 28.8 Å². The van der Waals surface area contributed by atoms with Gasteiger partial charge in [0.05, 0.1) is 0 Å².